The van der Waals surface area contributed by atoms with Crippen LogP contribution in [0.1, 0.15) is 18.9 Å². The predicted molar refractivity (Wildman–Crippen MR) is 106 cm³/mol. The molecule has 1 unspecified atom stereocenters. The first-order valence-corrected chi connectivity index (χ1v) is 9.75. The SMILES string of the molecule is CCC(=O)N1CCN2c3ccc(N)cc3CC3(C(=O)N(C)C(=O)N(C)C3=O)C2C1. The molecule has 0 bridgehead atoms. The number of carbonyl (C=O) groups is 4. The van der Waals surface area contributed by atoms with Crippen molar-refractivity contribution in [3.63, 3.8) is 0 Å². The third kappa shape index (κ3) is 2.53. The number of nitrogens with zero attached hydrogens (tertiary/aromatic N) is 4. The Bertz CT molecular complexity index is 905. The lowest BCUT2D eigenvalue weighted by Gasteiger charge is -2.56. The maximum absolute atomic E-state index is 13.5. The molecule has 9 nitrogen and oxygen atoms in total. The minimum atomic E-state index is -1.48. The number of rotatable bonds is 1. The molecule has 2 fully saturated rings. The van der Waals surface area contributed by atoms with E-state index < -0.39 is 29.3 Å². The summed E-state index contributed by atoms with van der Waals surface area (Å²) in [5.41, 5.74) is 6.76. The minimum absolute atomic E-state index is 0.0172. The van der Waals surface area contributed by atoms with Crippen LogP contribution in [0, 0.1) is 5.41 Å². The molecule has 2 saturated heterocycles. The second-order valence-electron chi connectivity index (χ2n) is 7.95. The molecule has 0 saturated carbocycles. The minimum Gasteiger partial charge on any atom is -0.399 e. The zero-order valence-corrected chi connectivity index (χ0v) is 16.8. The van der Waals surface area contributed by atoms with E-state index in [0.29, 0.717) is 25.2 Å². The number of imide groups is 2. The summed E-state index contributed by atoms with van der Waals surface area (Å²) in [7, 11) is 2.79. The predicted octanol–water partition coefficient (Wildman–Crippen LogP) is 0.289. The number of hydrogen-bond acceptors (Lipinski definition) is 6. The van der Waals surface area contributed by atoms with Crippen molar-refractivity contribution in [2.45, 2.75) is 25.8 Å². The van der Waals surface area contributed by atoms with E-state index in [9.17, 15) is 19.2 Å². The highest BCUT2D eigenvalue weighted by Gasteiger charge is 2.64. The summed E-state index contributed by atoms with van der Waals surface area (Å²) in [4.78, 5) is 57.4. The number of amides is 5. The number of fused-ring (bicyclic) bond motifs is 4. The van der Waals surface area contributed by atoms with Crippen LogP contribution in [0.15, 0.2) is 18.2 Å². The first-order valence-electron chi connectivity index (χ1n) is 9.75. The van der Waals surface area contributed by atoms with Gasteiger partial charge in [-0.25, -0.2) is 4.79 Å². The van der Waals surface area contributed by atoms with Crippen LogP contribution in [0.2, 0.25) is 0 Å². The lowest BCUT2D eigenvalue weighted by atomic mass is 9.67. The summed E-state index contributed by atoms with van der Waals surface area (Å²) in [5.74, 6) is -1.07. The molecular formula is C20H25N5O4. The summed E-state index contributed by atoms with van der Waals surface area (Å²) >= 11 is 0. The molecule has 29 heavy (non-hydrogen) atoms. The number of hydrogen-bond donors (Lipinski definition) is 1. The van der Waals surface area contributed by atoms with Gasteiger partial charge in [0.2, 0.25) is 17.7 Å². The summed E-state index contributed by atoms with van der Waals surface area (Å²) in [5, 5.41) is 0. The molecule has 1 atom stereocenters. The highest BCUT2D eigenvalue weighted by Crippen LogP contribution is 2.47. The van der Waals surface area contributed by atoms with Gasteiger partial charge < -0.3 is 15.5 Å². The summed E-state index contributed by atoms with van der Waals surface area (Å²) in [6.07, 6.45) is 0.495. The molecule has 9 heteroatoms. The Morgan fingerprint density at radius 3 is 2.41 bits per heavy atom. The van der Waals surface area contributed by atoms with Crippen LogP contribution >= 0.6 is 0 Å². The van der Waals surface area contributed by atoms with Crippen LogP contribution in [0.3, 0.4) is 0 Å². The van der Waals surface area contributed by atoms with Crippen molar-refractivity contribution in [1.29, 1.82) is 0 Å². The Morgan fingerprint density at radius 1 is 1.14 bits per heavy atom. The van der Waals surface area contributed by atoms with Gasteiger partial charge in [-0.1, -0.05) is 6.92 Å². The maximum atomic E-state index is 13.5. The second-order valence-corrected chi connectivity index (χ2v) is 7.95. The zero-order chi connectivity index (χ0) is 21.1. The lowest BCUT2D eigenvalue weighted by Crippen LogP contribution is -2.75. The highest BCUT2D eigenvalue weighted by atomic mass is 16.2. The van der Waals surface area contributed by atoms with E-state index in [2.05, 4.69) is 0 Å². The van der Waals surface area contributed by atoms with Gasteiger partial charge in [0.25, 0.3) is 0 Å². The van der Waals surface area contributed by atoms with E-state index in [1.54, 1.807) is 24.0 Å². The van der Waals surface area contributed by atoms with Crippen LogP contribution in [0.5, 0.6) is 0 Å². The molecule has 2 N–H and O–H groups in total. The van der Waals surface area contributed by atoms with E-state index in [0.717, 1.165) is 21.1 Å². The van der Waals surface area contributed by atoms with E-state index in [1.165, 1.54) is 14.1 Å². The van der Waals surface area contributed by atoms with E-state index in [1.807, 2.05) is 11.0 Å². The van der Waals surface area contributed by atoms with Crippen LogP contribution in [-0.4, -0.2) is 78.2 Å². The number of nitrogens with two attached hydrogens (primary N) is 1. The lowest BCUT2D eigenvalue weighted by molar-refractivity contribution is -0.161. The molecule has 0 aliphatic carbocycles. The van der Waals surface area contributed by atoms with Gasteiger partial charge in [0.05, 0.1) is 6.04 Å². The van der Waals surface area contributed by atoms with Crippen LogP contribution in [-0.2, 0) is 20.8 Å². The van der Waals surface area contributed by atoms with Crippen molar-refractivity contribution in [3.8, 4) is 0 Å². The van der Waals surface area contributed by atoms with Crippen molar-refractivity contribution in [3.05, 3.63) is 23.8 Å². The van der Waals surface area contributed by atoms with Gasteiger partial charge in [0.1, 0.15) is 0 Å². The largest absolute Gasteiger partial charge is 0.399 e. The fourth-order valence-electron chi connectivity index (χ4n) is 4.91. The van der Waals surface area contributed by atoms with Crippen LogP contribution < -0.4 is 10.6 Å². The number of anilines is 2. The first kappa shape index (κ1) is 19.2. The number of urea groups is 1. The van der Waals surface area contributed by atoms with Crippen LogP contribution in [0.4, 0.5) is 16.2 Å². The monoisotopic (exact) mass is 399 g/mol. The summed E-state index contributed by atoms with van der Waals surface area (Å²) in [6.45, 7) is 3.05. The van der Waals surface area contributed by atoms with Crippen molar-refractivity contribution in [1.82, 2.24) is 14.7 Å². The molecule has 3 aliphatic heterocycles. The maximum Gasteiger partial charge on any atom is 0.332 e. The molecule has 0 aromatic heterocycles. The Balaban J connectivity index is 1.89. The molecular weight excluding hydrogens is 374 g/mol. The average Bonchev–Trinajstić information content (AvgIpc) is 2.73. The summed E-state index contributed by atoms with van der Waals surface area (Å²) in [6, 6.07) is 4.28. The molecule has 4 rings (SSSR count). The Labute approximate surface area is 169 Å². The normalized spacial score (nSPS) is 23.4. The van der Waals surface area contributed by atoms with Gasteiger partial charge in [-0.15, -0.1) is 0 Å². The molecule has 154 valence electrons. The topological polar surface area (TPSA) is 107 Å². The second kappa shape index (κ2) is 6.47. The van der Waals surface area contributed by atoms with Gasteiger partial charge in [-0.2, -0.15) is 0 Å². The zero-order valence-electron chi connectivity index (χ0n) is 16.8. The van der Waals surface area contributed by atoms with Crippen molar-refractivity contribution in [2.24, 2.45) is 5.41 Å². The molecule has 1 spiro atoms. The standard InChI is InChI=1S/C20H25N5O4/c1-4-16(26)24-7-8-25-14-6-5-13(21)9-12(14)10-20(15(25)11-24)17(27)22(2)19(29)23(3)18(20)28/h5-6,9,15H,4,7-8,10-11,21H2,1-3H3. The fraction of sp³-hybridized carbons (Fsp3) is 0.500. The number of barbiturate groups is 1. The number of nitrogen functional groups attached to an aromatic ring is 1. The molecule has 3 aliphatic rings. The van der Waals surface area contributed by atoms with E-state index in [-0.39, 0.29) is 18.9 Å². The van der Waals surface area contributed by atoms with Crippen LogP contribution in [0.25, 0.3) is 0 Å². The number of carbonyl (C=O) groups excluding carboxylic acids is 4. The molecule has 0 radical (unpaired) electrons. The Hall–Kier alpha value is -3.10. The van der Waals surface area contributed by atoms with Gasteiger partial charge in [-0.3, -0.25) is 24.2 Å². The third-order valence-corrected chi connectivity index (χ3v) is 6.43. The average molecular weight is 399 g/mol. The van der Waals surface area contributed by atoms with Gasteiger partial charge in [-0.05, 0) is 30.2 Å². The molecule has 1 aromatic rings. The van der Waals surface area contributed by atoms with Gasteiger partial charge >= 0.3 is 6.03 Å². The van der Waals surface area contributed by atoms with Crippen molar-refractivity contribution < 1.29 is 19.2 Å². The number of benzene rings is 1. The van der Waals surface area contributed by atoms with E-state index >= 15 is 0 Å². The number of piperazine rings is 1. The van der Waals surface area contributed by atoms with Crippen molar-refractivity contribution in [2.75, 3.05) is 44.4 Å². The summed E-state index contributed by atoms with van der Waals surface area (Å²) < 4.78 is 0. The third-order valence-electron chi connectivity index (χ3n) is 6.43. The van der Waals surface area contributed by atoms with Crippen molar-refractivity contribution >= 4 is 35.1 Å². The highest BCUT2D eigenvalue weighted by molar-refractivity contribution is 6.20. The Morgan fingerprint density at radius 2 is 1.79 bits per heavy atom. The molecule has 3 heterocycles. The first-order chi connectivity index (χ1) is 13.7. The van der Waals surface area contributed by atoms with Gasteiger partial charge in [0, 0.05) is 51.5 Å². The van der Waals surface area contributed by atoms with Gasteiger partial charge in [0.15, 0.2) is 5.41 Å². The fourth-order valence-corrected chi connectivity index (χ4v) is 4.91. The molecule has 1 aromatic carbocycles. The quantitative estimate of drug-likeness (QED) is 0.537. The molecule has 5 amide bonds. The van der Waals surface area contributed by atoms with E-state index in [4.69, 9.17) is 5.73 Å². The smallest absolute Gasteiger partial charge is 0.332 e. The Kier molecular flexibility index (Phi) is 4.29.